The smallest absolute Gasteiger partial charge is 0.308 e. The van der Waals surface area contributed by atoms with Gasteiger partial charge in [0.05, 0.1) is 31.8 Å². The molecular formula is C19H22N4O8P2. The Kier molecular flexibility index (Phi) is 6.85. The molecule has 176 valence electrons. The predicted octanol–water partition coefficient (Wildman–Crippen LogP) is 3.93. The lowest BCUT2D eigenvalue weighted by Gasteiger charge is -2.42. The van der Waals surface area contributed by atoms with Gasteiger partial charge >= 0.3 is 27.6 Å². The molecule has 2 aromatic carbocycles. The van der Waals surface area contributed by atoms with Crippen molar-refractivity contribution < 1.29 is 36.8 Å². The molecule has 14 heteroatoms. The Bertz CT molecular complexity index is 986. The van der Waals surface area contributed by atoms with Gasteiger partial charge in [0.1, 0.15) is 0 Å². The summed E-state index contributed by atoms with van der Waals surface area (Å²) < 4.78 is 46.6. The highest BCUT2D eigenvalue weighted by Gasteiger charge is 2.49. The summed E-state index contributed by atoms with van der Waals surface area (Å²) in [6.45, 7) is -0.587. The number of urea groups is 2. The SMILES string of the molecule is O=C(Nc1ccccc1)NP1(=O)OCC2(CO1)COP(=O)(NC(=O)Nc1ccccc1)OC2. The van der Waals surface area contributed by atoms with E-state index in [1.807, 2.05) is 0 Å². The number of para-hydroxylation sites is 2. The van der Waals surface area contributed by atoms with Crippen molar-refractivity contribution in [2.24, 2.45) is 5.41 Å². The van der Waals surface area contributed by atoms with Crippen LogP contribution in [0.1, 0.15) is 0 Å². The van der Waals surface area contributed by atoms with Crippen molar-refractivity contribution in [1.29, 1.82) is 0 Å². The van der Waals surface area contributed by atoms with Gasteiger partial charge in [0, 0.05) is 11.4 Å². The summed E-state index contributed by atoms with van der Waals surface area (Å²) >= 11 is 0. The van der Waals surface area contributed by atoms with E-state index in [0.29, 0.717) is 11.4 Å². The maximum Gasteiger partial charge on any atom is 0.436 e. The summed E-state index contributed by atoms with van der Waals surface area (Å²) in [6, 6.07) is 15.7. The fourth-order valence-electron chi connectivity index (χ4n) is 2.95. The second-order valence-electron chi connectivity index (χ2n) is 7.45. The molecule has 0 aliphatic carbocycles. The van der Waals surface area contributed by atoms with Crippen molar-refractivity contribution in [3.63, 3.8) is 0 Å². The van der Waals surface area contributed by atoms with E-state index in [1.165, 1.54) is 0 Å². The molecule has 2 heterocycles. The second-order valence-corrected chi connectivity index (χ2v) is 10.9. The maximum absolute atomic E-state index is 12.7. The predicted molar refractivity (Wildman–Crippen MR) is 119 cm³/mol. The summed E-state index contributed by atoms with van der Waals surface area (Å²) in [5.41, 5.74) is 0.101. The number of carbonyl (C=O) groups excluding carboxylic acids is 2. The van der Waals surface area contributed by atoms with Crippen LogP contribution in [0.3, 0.4) is 0 Å². The Hall–Kier alpha value is -2.72. The molecule has 4 rings (SSSR count). The second kappa shape index (κ2) is 9.64. The van der Waals surface area contributed by atoms with E-state index in [9.17, 15) is 18.7 Å². The number of rotatable bonds is 4. The molecule has 1 spiro atoms. The molecule has 4 N–H and O–H groups in total. The van der Waals surface area contributed by atoms with Crippen LogP contribution in [-0.4, -0.2) is 38.5 Å². The van der Waals surface area contributed by atoms with Gasteiger partial charge in [0.15, 0.2) is 0 Å². The van der Waals surface area contributed by atoms with Crippen LogP contribution in [0, 0.1) is 5.41 Å². The number of anilines is 2. The van der Waals surface area contributed by atoms with E-state index in [1.54, 1.807) is 60.7 Å². The van der Waals surface area contributed by atoms with Gasteiger partial charge in [-0.25, -0.2) is 28.9 Å². The molecule has 0 atom stereocenters. The van der Waals surface area contributed by atoms with Crippen LogP contribution in [0.15, 0.2) is 60.7 Å². The van der Waals surface area contributed by atoms with Gasteiger partial charge in [0.2, 0.25) is 0 Å². The maximum atomic E-state index is 12.7. The van der Waals surface area contributed by atoms with E-state index >= 15 is 0 Å². The van der Waals surface area contributed by atoms with Gasteiger partial charge in [-0.3, -0.25) is 18.1 Å². The van der Waals surface area contributed by atoms with Crippen molar-refractivity contribution >= 4 is 38.9 Å². The zero-order valence-electron chi connectivity index (χ0n) is 17.3. The zero-order chi connectivity index (χ0) is 23.4. The van der Waals surface area contributed by atoms with Crippen LogP contribution in [0.25, 0.3) is 0 Å². The van der Waals surface area contributed by atoms with Gasteiger partial charge in [0.25, 0.3) is 0 Å². The lowest BCUT2D eigenvalue weighted by atomic mass is 9.93. The minimum Gasteiger partial charge on any atom is -0.308 e. The molecule has 0 bridgehead atoms. The Balaban J connectivity index is 1.25. The Labute approximate surface area is 189 Å². The summed E-state index contributed by atoms with van der Waals surface area (Å²) in [7, 11) is -7.83. The minimum absolute atomic E-state index is 0.147. The first-order valence-electron chi connectivity index (χ1n) is 9.84. The molecule has 33 heavy (non-hydrogen) atoms. The highest BCUT2D eigenvalue weighted by atomic mass is 31.2. The third kappa shape index (κ3) is 6.20. The number of amides is 4. The highest BCUT2D eigenvalue weighted by Crippen LogP contribution is 2.56. The number of nitrogens with one attached hydrogen (secondary N) is 4. The largest absolute Gasteiger partial charge is 0.436 e. The first-order chi connectivity index (χ1) is 15.8. The molecule has 0 aromatic heterocycles. The van der Waals surface area contributed by atoms with Gasteiger partial charge in [-0.1, -0.05) is 36.4 Å². The standard InChI is InChI=1S/C19H22N4O8P2/c24-17(20-15-7-3-1-4-8-15)22-32(26)28-11-19(12-29-32)13-30-33(27,31-14-19)23-18(25)21-16-9-5-2-6-10-16/h1-10H,11-14H2,(H2,20,22,24,26)(H2,21,23,25,27). The van der Waals surface area contributed by atoms with Crippen molar-refractivity contribution in [2.45, 2.75) is 0 Å². The third-order valence-corrected chi connectivity index (χ3v) is 7.53. The number of hydrogen-bond acceptors (Lipinski definition) is 8. The molecule has 2 fully saturated rings. The van der Waals surface area contributed by atoms with Gasteiger partial charge in [-0.05, 0) is 24.3 Å². The fourth-order valence-corrected chi connectivity index (χ4v) is 5.74. The van der Waals surface area contributed by atoms with Crippen molar-refractivity contribution in [3.05, 3.63) is 60.7 Å². The lowest BCUT2D eigenvalue weighted by Crippen LogP contribution is -2.48. The quantitative estimate of drug-likeness (QED) is 0.465. The average Bonchev–Trinajstić information content (AvgIpc) is 2.79. The Morgan fingerprint density at radius 2 is 0.970 bits per heavy atom. The van der Waals surface area contributed by atoms with Gasteiger partial charge in [-0.15, -0.1) is 0 Å². The Morgan fingerprint density at radius 3 is 1.30 bits per heavy atom. The molecule has 2 aromatic rings. The van der Waals surface area contributed by atoms with Crippen molar-refractivity contribution in [1.82, 2.24) is 10.2 Å². The Morgan fingerprint density at radius 1 is 0.636 bits per heavy atom. The molecular weight excluding hydrogens is 474 g/mol. The lowest BCUT2D eigenvalue weighted by molar-refractivity contribution is -0.0705. The topological polar surface area (TPSA) is 153 Å². The zero-order valence-corrected chi connectivity index (χ0v) is 19.1. The van der Waals surface area contributed by atoms with Crippen LogP contribution >= 0.6 is 15.5 Å². The van der Waals surface area contributed by atoms with Crippen LogP contribution in [-0.2, 0) is 27.2 Å². The van der Waals surface area contributed by atoms with E-state index in [2.05, 4.69) is 20.8 Å². The number of carbonyl (C=O) groups is 2. The van der Waals surface area contributed by atoms with E-state index in [0.717, 1.165) is 0 Å². The van der Waals surface area contributed by atoms with Crippen molar-refractivity contribution in [2.75, 3.05) is 37.1 Å². The van der Waals surface area contributed by atoms with Crippen LogP contribution < -0.4 is 20.8 Å². The van der Waals surface area contributed by atoms with Crippen LogP contribution in [0.4, 0.5) is 21.0 Å². The first kappa shape index (κ1) is 23.4. The molecule has 2 saturated heterocycles. The van der Waals surface area contributed by atoms with E-state index < -0.39 is 33.0 Å². The average molecular weight is 496 g/mol. The van der Waals surface area contributed by atoms with E-state index in [4.69, 9.17) is 18.1 Å². The molecule has 2 aliphatic rings. The molecule has 0 radical (unpaired) electrons. The number of hydrogen-bond donors (Lipinski definition) is 4. The molecule has 2 aliphatic heterocycles. The van der Waals surface area contributed by atoms with Crippen molar-refractivity contribution in [3.8, 4) is 0 Å². The monoisotopic (exact) mass is 496 g/mol. The normalized spacial score (nSPS) is 29.1. The van der Waals surface area contributed by atoms with E-state index in [-0.39, 0.29) is 26.4 Å². The van der Waals surface area contributed by atoms with Gasteiger partial charge < -0.3 is 10.6 Å². The first-order valence-corrected chi connectivity index (χ1v) is 12.9. The molecule has 4 amide bonds. The molecule has 0 saturated carbocycles. The fraction of sp³-hybridized carbons (Fsp3) is 0.263. The summed E-state index contributed by atoms with van der Waals surface area (Å²) in [4.78, 5) is 24.2. The molecule has 12 nitrogen and oxygen atoms in total. The van der Waals surface area contributed by atoms with Crippen LogP contribution in [0.2, 0.25) is 0 Å². The van der Waals surface area contributed by atoms with Crippen LogP contribution in [0.5, 0.6) is 0 Å². The molecule has 0 unspecified atom stereocenters. The highest BCUT2D eigenvalue weighted by molar-refractivity contribution is 7.52. The summed E-state index contributed by atoms with van der Waals surface area (Å²) in [5.74, 6) is 0. The summed E-state index contributed by atoms with van der Waals surface area (Å²) in [6.07, 6.45) is 0. The minimum atomic E-state index is -3.91. The summed E-state index contributed by atoms with van der Waals surface area (Å²) in [5, 5.41) is 9.42. The third-order valence-electron chi connectivity index (χ3n) is 4.70. The van der Waals surface area contributed by atoms with Gasteiger partial charge in [-0.2, -0.15) is 0 Å². The number of benzene rings is 2.